The van der Waals surface area contributed by atoms with Crippen molar-refractivity contribution >= 4 is 6.03 Å². The molecule has 1 rings (SSSR count). The Labute approximate surface area is 116 Å². The predicted octanol–water partition coefficient (Wildman–Crippen LogP) is 2.54. The van der Waals surface area contributed by atoms with Crippen molar-refractivity contribution in [3.05, 3.63) is 12.2 Å². The zero-order valence-electron chi connectivity index (χ0n) is 12.5. The summed E-state index contributed by atoms with van der Waals surface area (Å²) in [6.45, 7) is 7.79. The van der Waals surface area contributed by atoms with Crippen LogP contribution < -0.4 is 5.32 Å². The van der Waals surface area contributed by atoms with Crippen molar-refractivity contribution in [2.45, 2.75) is 52.5 Å². The molecular formula is C15H28N2O2. The second-order valence-corrected chi connectivity index (χ2v) is 6.47. The maximum atomic E-state index is 12.3. The van der Waals surface area contributed by atoms with Crippen molar-refractivity contribution < 1.29 is 9.90 Å². The minimum absolute atomic E-state index is 0.0140. The first-order valence-electron chi connectivity index (χ1n) is 7.25. The number of carbonyl (C=O) groups excluding carboxylic acids is 1. The first-order chi connectivity index (χ1) is 8.92. The average Bonchev–Trinajstić information content (AvgIpc) is 2.34. The van der Waals surface area contributed by atoms with Crippen molar-refractivity contribution in [2.75, 3.05) is 19.7 Å². The maximum absolute atomic E-state index is 12.3. The van der Waals surface area contributed by atoms with Crippen molar-refractivity contribution in [3.63, 3.8) is 0 Å². The molecule has 0 radical (unpaired) electrons. The van der Waals surface area contributed by atoms with Gasteiger partial charge in [-0.3, -0.25) is 0 Å². The van der Waals surface area contributed by atoms with Crippen LogP contribution in [-0.4, -0.2) is 41.8 Å². The van der Waals surface area contributed by atoms with E-state index in [0.29, 0.717) is 19.5 Å². The van der Waals surface area contributed by atoms with Crippen LogP contribution in [0.2, 0.25) is 0 Å². The van der Waals surface area contributed by atoms with Gasteiger partial charge in [-0.2, -0.15) is 0 Å². The number of nitrogens with one attached hydrogen (secondary N) is 1. The van der Waals surface area contributed by atoms with Crippen LogP contribution in [0.5, 0.6) is 0 Å². The van der Waals surface area contributed by atoms with Gasteiger partial charge in [-0.05, 0) is 31.1 Å². The van der Waals surface area contributed by atoms with Gasteiger partial charge in [0.05, 0.1) is 0 Å². The van der Waals surface area contributed by atoms with E-state index >= 15 is 0 Å². The van der Waals surface area contributed by atoms with E-state index in [1.165, 1.54) is 0 Å². The Morgan fingerprint density at radius 3 is 2.74 bits per heavy atom. The highest BCUT2D eigenvalue weighted by Gasteiger charge is 2.22. The number of nitrogens with zero attached hydrogens (tertiary/aromatic N) is 1. The Morgan fingerprint density at radius 1 is 1.47 bits per heavy atom. The number of carbonyl (C=O) groups is 1. The quantitative estimate of drug-likeness (QED) is 0.753. The van der Waals surface area contributed by atoms with E-state index in [4.69, 9.17) is 5.11 Å². The van der Waals surface area contributed by atoms with Gasteiger partial charge in [-0.25, -0.2) is 4.79 Å². The van der Waals surface area contributed by atoms with Crippen molar-refractivity contribution in [1.82, 2.24) is 10.2 Å². The molecule has 0 saturated carbocycles. The first-order valence-corrected chi connectivity index (χ1v) is 7.25. The van der Waals surface area contributed by atoms with E-state index in [9.17, 15) is 4.79 Å². The average molecular weight is 268 g/mol. The summed E-state index contributed by atoms with van der Waals surface area (Å²) < 4.78 is 0. The molecule has 4 nitrogen and oxygen atoms in total. The third-order valence-electron chi connectivity index (χ3n) is 3.10. The monoisotopic (exact) mass is 268 g/mol. The lowest BCUT2D eigenvalue weighted by Crippen LogP contribution is -2.47. The first kappa shape index (κ1) is 16.0. The van der Waals surface area contributed by atoms with Gasteiger partial charge in [0, 0.05) is 25.7 Å². The molecule has 0 aromatic rings. The van der Waals surface area contributed by atoms with E-state index < -0.39 is 0 Å². The van der Waals surface area contributed by atoms with Crippen LogP contribution >= 0.6 is 0 Å². The summed E-state index contributed by atoms with van der Waals surface area (Å²) in [5.74, 6) is 0. The second kappa shape index (κ2) is 7.53. The molecule has 0 heterocycles. The third kappa shape index (κ3) is 6.62. The highest BCUT2D eigenvalue weighted by Crippen LogP contribution is 2.16. The molecule has 2 N–H and O–H groups in total. The lowest BCUT2D eigenvalue weighted by Gasteiger charge is -2.31. The van der Waals surface area contributed by atoms with Gasteiger partial charge in [-0.1, -0.05) is 32.9 Å². The highest BCUT2D eigenvalue weighted by molar-refractivity contribution is 5.74. The number of amides is 2. The van der Waals surface area contributed by atoms with Crippen LogP contribution in [0.25, 0.3) is 0 Å². The summed E-state index contributed by atoms with van der Waals surface area (Å²) in [6.07, 6.45) is 8.12. The standard InChI is InChI=1S/C15H28N2O2/c1-15(2,3)12-17(10-7-11-18)14(19)16-13-8-5-4-6-9-13/h5,8,13,18H,4,6-7,9-12H2,1-3H3,(H,16,19)/t13-/m1/s1. The van der Waals surface area contributed by atoms with Gasteiger partial charge in [0.2, 0.25) is 0 Å². The molecule has 0 unspecified atom stereocenters. The number of aliphatic hydroxyl groups excluding tert-OH is 1. The van der Waals surface area contributed by atoms with Gasteiger partial charge >= 0.3 is 6.03 Å². The second-order valence-electron chi connectivity index (χ2n) is 6.47. The molecule has 0 aromatic carbocycles. The molecule has 0 spiro atoms. The molecule has 0 aliphatic heterocycles. The van der Waals surface area contributed by atoms with Gasteiger partial charge < -0.3 is 15.3 Å². The molecule has 110 valence electrons. The zero-order valence-corrected chi connectivity index (χ0v) is 12.5. The number of hydrogen-bond acceptors (Lipinski definition) is 2. The fourth-order valence-electron chi connectivity index (χ4n) is 2.27. The Kier molecular flexibility index (Phi) is 6.35. The van der Waals surface area contributed by atoms with Gasteiger partial charge in [0.1, 0.15) is 0 Å². The Hall–Kier alpha value is -1.03. The number of allylic oxidation sites excluding steroid dienone is 1. The van der Waals surface area contributed by atoms with Crippen LogP contribution in [0.3, 0.4) is 0 Å². The Bertz CT molecular complexity index is 308. The van der Waals surface area contributed by atoms with E-state index in [1.807, 2.05) is 4.90 Å². The predicted molar refractivity (Wildman–Crippen MR) is 78.0 cm³/mol. The molecule has 0 bridgehead atoms. The fraction of sp³-hybridized carbons (Fsp3) is 0.800. The fourth-order valence-corrected chi connectivity index (χ4v) is 2.27. The zero-order chi connectivity index (χ0) is 14.3. The summed E-state index contributed by atoms with van der Waals surface area (Å²) in [7, 11) is 0. The molecular weight excluding hydrogens is 240 g/mol. The van der Waals surface area contributed by atoms with Crippen molar-refractivity contribution in [2.24, 2.45) is 5.41 Å². The smallest absolute Gasteiger partial charge is 0.317 e. The van der Waals surface area contributed by atoms with Crippen LogP contribution in [0.1, 0.15) is 46.5 Å². The van der Waals surface area contributed by atoms with Crippen molar-refractivity contribution in [3.8, 4) is 0 Å². The normalized spacial score (nSPS) is 19.3. The molecule has 4 heteroatoms. The van der Waals surface area contributed by atoms with E-state index in [1.54, 1.807) is 0 Å². The summed E-state index contributed by atoms with van der Waals surface area (Å²) in [4.78, 5) is 14.1. The molecule has 1 aliphatic rings. The Morgan fingerprint density at radius 2 is 2.21 bits per heavy atom. The number of aliphatic hydroxyl groups is 1. The molecule has 1 aliphatic carbocycles. The third-order valence-corrected chi connectivity index (χ3v) is 3.10. The number of hydrogen-bond donors (Lipinski definition) is 2. The highest BCUT2D eigenvalue weighted by atomic mass is 16.3. The minimum atomic E-state index is -0.0140. The van der Waals surface area contributed by atoms with Crippen LogP contribution in [0.15, 0.2) is 12.2 Å². The van der Waals surface area contributed by atoms with Gasteiger partial charge in [0.15, 0.2) is 0 Å². The minimum Gasteiger partial charge on any atom is -0.396 e. The lowest BCUT2D eigenvalue weighted by atomic mass is 9.96. The largest absolute Gasteiger partial charge is 0.396 e. The lowest BCUT2D eigenvalue weighted by molar-refractivity contribution is 0.162. The molecule has 0 fully saturated rings. The van der Waals surface area contributed by atoms with Gasteiger partial charge in [-0.15, -0.1) is 0 Å². The van der Waals surface area contributed by atoms with E-state index in [-0.39, 0.29) is 24.1 Å². The van der Waals surface area contributed by atoms with E-state index in [0.717, 1.165) is 19.3 Å². The van der Waals surface area contributed by atoms with Crippen LogP contribution in [0, 0.1) is 5.41 Å². The molecule has 0 aromatic heterocycles. The summed E-state index contributed by atoms with van der Waals surface area (Å²) in [5, 5.41) is 12.0. The van der Waals surface area contributed by atoms with Crippen LogP contribution in [0.4, 0.5) is 4.79 Å². The summed E-state index contributed by atoms with van der Waals surface area (Å²) >= 11 is 0. The number of urea groups is 1. The molecule has 1 atom stereocenters. The topological polar surface area (TPSA) is 52.6 Å². The SMILES string of the molecule is CC(C)(C)CN(CCCO)C(=O)N[C@@H]1C=CCCC1. The van der Waals surface area contributed by atoms with Crippen LogP contribution in [-0.2, 0) is 0 Å². The molecule has 0 saturated heterocycles. The summed E-state index contributed by atoms with van der Waals surface area (Å²) in [6, 6.07) is 0.151. The molecule has 19 heavy (non-hydrogen) atoms. The summed E-state index contributed by atoms with van der Waals surface area (Å²) in [5.41, 5.74) is 0.0647. The molecule has 2 amide bonds. The van der Waals surface area contributed by atoms with E-state index in [2.05, 4.69) is 38.2 Å². The number of rotatable bonds is 5. The maximum Gasteiger partial charge on any atom is 0.317 e. The van der Waals surface area contributed by atoms with Gasteiger partial charge in [0.25, 0.3) is 0 Å². The van der Waals surface area contributed by atoms with Crippen molar-refractivity contribution in [1.29, 1.82) is 0 Å². The Balaban J connectivity index is 2.54.